The smallest absolute Gasteiger partial charge is 0.304 e. The molecule has 1 N–H and O–H groups in total. The van der Waals surface area contributed by atoms with Crippen LogP contribution in [0.5, 0.6) is 0 Å². The van der Waals surface area contributed by atoms with Gasteiger partial charge in [0.1, 0.15) is 6.29 Å². The molecule has 0 aliphatic carbocycles. The van der Waals surface area contributed by atoms with Gasteiger partial charge >= 0.3 is 5.97 Å². The molecule has 0 amide bonds. The van der Waals surface area contributed by atoms with E-state index in [0.29, 0.717) is 6.29 Å². The van der Waals surface area contributed by atoms with Crippen LogP contribution in [0.2, 0.25) is 0 Å². The number of carbonyl (C=O) groups excluding carboxylic acids is 1. The average molecular weight is 151 g/mol. The molecule has 52 valence electrons. The lowest BCUT2D eigenvalue weighted by atomic mass is 10.1. The number of rotatable bonds is 4. The van der Waals surface area contributed by atoms with Gasteiger partial charge in [0.15, 0.2) is 0 Å². The van der Waals surface area contributed by atoms with Crippen molar-refractivity contribution in [3.63, 3.8) is 0 Å². The Labute approximate surface area is 57.6 Å². The monoisotopic (exact) mass is 150 g/mol. The van der Waals surface area contributed by atoms with Gasteiger partial charge in [-0.05, 0) is 0 Å². The quantitative estimate of drug-likeness (QED) is 0.470. The van der Waals surface area contributed by atoms with Crippen molar-refractivity contribution < 1.29 is 14.7 Å². The van der Waals surface area contributed by atoms with Gasteiger partial charge in [-0.2, -0.15) is 0 Å². The Balaban J connectivity index is 3.55. The standard InChI is InChI=1S/C5H7ClO3/c6-2-4(3-7)1-5(8)9/h3-4H,1-2H2,(H,8,9). The van der Waals surface area contributed by atoms with Crippen LogP contribution < -0.4 is 0 Å². The zero-order chi connectivity index (χ0) is 7.28. The molecule has 0 radical (unpaired) electrons. The van der Waals surface area contributed by atoms with E-state index in [0.717, 1.165) is 0 Å². The first kappa shape index (κ1) is 8.43. The van der Waals surface area contributed by atoms with Crippen LogP contribution in [-0.2, 0) is 9.59 Å². The predicted octanol–water partition coefficient (Wildman–Crippen LogP) is 0.515. The van der Waals surface area contributed by atoms with Crippen LogP contribution in [0.4, 0.5) is 0 Å². The summed E-state index contributed by atoms with van der Waals surface area (Å²) in [7, 11) is 0. The molecule has 3 nitrogen and oxygen atoms in total. The van der Waals surface area contributed by atoms with E-state index >= 15 is 0 Å². The van der Waals surface area contributed by atoms with Gasteiger partial charge in [-0.15, -0.1) is 11.6 Å². The summed E-state index contributed by atoms with van der Waals surface area (Å²) in [6.07, 6.45) is 0.383. The fourth-order valence-corrected chi connectivity index (χ4v) is 0.545. The van der Waals surface area contributed by atoms with Gasteiger partial charge in [0.05, 0.1) is 6.42 Å². The SMILES string of the molecule is O=CC(CCl)CC(=O)O. The molecule has 1 atom stereocenters. The van der Waals surface area contributed by atoms with Crippen molar-refractivity contribution in [1.82, 2.24) is 0 Å². The van der Waals surface area contributed by atoms with Gasteiger partial charge in [0.25, 0.3) is 0 Å². The molecule has 0 rings (SSSR count). The summed E-state index contributed by atoms with van der Waals surface area (Å²) < 4.78 is 0. The molecule has 1 unspecified atom stereocenters. The lowest BCUT2D eigenvalue weighted by molar-refractivity contribution is -0.138. The molecule has 9 heavy (non-hydrogen) atoms. The van der Waals surface area contributed by atoms with Crippen molar-refractivity contribution in [2.24, 2.45) is 5.92 Å². The van der Waals surface area contributed by atoms with Crippen molar-refractivity contribution in [3.05, 3.63) is 0 Å². The molecule has 0 aromatic rings. The Morgan fingerprint density at radius 3 is 2.44 bits per heavy atom. The van der Waals surface area contributed by atoms with Crippen molar-refractivity contribution in [2.45, 2.75) is 6.42 Å². The number of carboxylic acids is 1. The molecule has 0 aliphatic heterocycles. The zero-order valence-corrected chi connectivity index (χ0v) is 5.47. The molecular formula is C5H7ClO3. The zero-order valence-electron chi connectivity index (χ0n) is 4.71. The maximum atomic E-state index is 9.92. The number of hydrogen-bond acceptors (Lipinski definition) is 2. The van der Waals surface area contributed by atoms with E-state index in [1.807, 2.05) is 0 Å². The molecule has 0 saturated carbocycles. The molecule has 0 spiro atoms. The number of carboxylic acid groups (broad SMARTS) is 1. The van der Waals surface area contributed by atoms with Crippen molar-refractivity contribution >= 4 is 23.9 Å². The van der Waals surface area contributed by atoms with E-state index in [-0.39, 0.29) is 12.3 Å². The van der Waals surface area contributed by atoms with E-state index in [9.17, 15) is 9.59 Å². The average Bonchev–Trinajstić information content (AvgIpc) is 1.82. The highest BCUT2D eigenvalue weighted by Gasteiger charge is 2.09. The van der Waals surface area contributed by atoms with E-state index < -0.39 is 11.9 Å². The van der Waals surface area contributed by atoms with Gasteiger partial charge in [-0.25, -0.2) is 0 Å². The molecule has 0 aliphatic rings. The molecule has 4 heteroatoms. The lowest BCUT2D eigenvalue weighted by Gasteiger charge is -1.98. The number of alkyl halides is 1. The highest BCUT2D eigenvalue weighted by Crippen LogP contribution is 2.00. The summed E-state index contributed by atoms with van der Waals surface area (Å²) in [6, 6.07) is 0. The summed E-state index contributed by atoms with van der Waals surface area (Å²) in [4.78, 5) is 19.8. The Morgan fingerprint density at radius 1 is 1.78 bits per heavy atom. The maximum absolute atomic E-state index is 9.92. The van der Waals surface area contributed by atoms with E-state index in [1.54, 1.807) is 0 Å². The number of aliphatic carboxylic acids is 1. The molecule has 0 aromatic heterocycles. The fourth-order valence-electron chi connectivity index (χ4n) is 0.363. The summed E-state index contributed by atoms with van der Waals surface area (Å²) in [6.45, 7) is 0. The Kier molecular flexibility index (Phi) is 4.05. The largest absolute Gasteiger partial charge is 0.481 e. The minimum atomic E-state index is -0.993. The van der Waals surface area contributed by atoms with Gasteiger partial charge in [0.2, 0.25) is 0 Å². The normalized spacial score (nSPS) is 12.6. The molecular weight excluding hydrogens is 144 g/mol. The van der Waals surface area contributed by atoms with Gasteiger partial charge in [0, 0.05) is 11.8 Å². The summed E-state index contributed by atoms with van der Waals surface area (Å²) in [5.74, 6) is -1.45. The Bertz CT molecular complexity index is 113. The van der Waals surface area contributed by atoms with Crippen LogP contribution in [0.3, 0.4) is 0 Å². The first-order chi connectivity index (χ1) is 4.20. The van der Waals surface area contributed by atoms with Crippen molar-refractivity contribution in [3.8, 4) is 0 Å². The summed E-state index contributed by atoms with van der Waals surface area (Å²) in [5, 5.41) is 8.13. The maximum Gasteiger partial charge on any atom is 0.304 e. The second-order valence-electron chi connectivity index (χ2n) is 1.65. The van der Waals surface area contributed by atoms with Crippen LogP contribution in [0.1, 0.15) is 6.42 Å². The van der Waals surface area contributed by atoms with E-state index in [1.165, 1.54) is 0 Å². The van der Waals surface area contributed by atoms with Gasteiger partial charge in [-0.1, -0.05) is 0 Å². The molecule has 0 saturated heterocycles. The Morgan fingerprint density at radius 2 is 2.33 bits per heavy atom. The van der Waals surface area contributed by atoms with Crippen molar-refractivity contribution in [1.29, 1.82) is 0 Å². The van der Waals surface area contributed by atoms with E-state index in [4.69, 9.17) is 16.7 Å². The second kappa shape index (κ2) is 4.32. The Hall–Kier alpha value is -0.570. The highest BCUT2D eigenvalue weighted by atomic mass is 35.5. The highest BCUT2D eigenvalue weighted by molar-refractivity contribution is 6.18. The number of aldehydes is 1. The lowest BCUT2D eigenvalue weighted by Crippen LogP contribution is -2.09. The van der Waals surface area contributed by atoms with Crippen LogP contribution in [-0.4, -0.2) is 23.2 Å². The first-order valence-electron chi connectivity index (χ1n) is 2.43. The number of halogens is 1. The fraction of sp³-hybridized carbons (Fsp3) is 0.600. The third-order valence-electron chi connectivity index (χ3n) is 0.827. The molecule has 0 fully saturated rings. The minimum Gasteiger partial charge on any atom is -0.481 e. The van der Waals surface area contributed by atoms with Crippen LogP contribution >= 0.6 is 11.6 Å². The molecule has 0 bridgehead atoms. The molecule has 0 heterocycles. The minimum absolute atomic E-state index is 0.0792. The van der Waals surface area contributed by atoms with E-state index in [2.05, 4.69) is 0 Å². The topological polar surface area (TPSA) is 54.4 Å². The summed E-state index contributed by atoms with van der Waals surface area (Å²) >= 11 is 5.22. The number of hydrogen-bond donors (Lipinski definition) is 1. The summed E-state index contributed by atoms with van der Waals surface area (Å²) in [5.41, 5.74) is 0. The van der Waals surface area contributed by atoms with Crippen LogP contribution in [0, 0.1) is 5.92 Å². The predicted molar refractivity (Wildman–Crippen MR) is 32.5 cm³/mol. The molecule has 0 aromatic carbocycles. The van der Waals surface area contributed by atoms with Crippen molar-refractivity contribution in [2.75, 3.05) is 5.88 Å². The third-order valence-corrected chi connectivity index (χ3v) is 1.22. The van der Waals surface area contributed by atoms with Gasteiger partial charge in [-0.3, -0.25) is 4.79 Å². The first-order valence-corrected chi connectivity index (χ1v) is 2.97. The van der Waals surface area contributed by atoms with Crippen LogP contribution in [0.25, 0.3) is 0 Å². The van der Waals surface area contributed by atoms with Gasteiger partial charge < -0.3 is 9.90 Å². The number of carbonyl (C=O) groups is 2. The second-order valence-corrected chi connectivity index (χ2v) is 1.96. The van der Waals surface area contributed by atoms with Crippen LogP contribution in [0.15, 0.2) is 0 Å². The third kappa shape index (κ3) is 3.97.